The van der Waals surface area contributed by atoms with Gasteiger partial charge >= 0.3 is 5.97 Å². The van der Waals surface area contributed by atoms with Crippen LogP contribution in [-0.2, 0) is 21.6 Å². The van der Waals surface area contributed by atoms with Crippen molar-refractivity contribution in [3.8, 4) is 5.75 Å². The maximum Gasteiger partial charge on any atom is 0.341 e. The number of pyridine rings is 2. The maximum atomic E-state index is 13.9. The number of aryl methyl sites for hydroxylation is 2. The van der Waals surface area contributed by atoms with Crippen LogP contribution in [0.3, 0.4) is 0 Å². The van der Waals surface area contributed by atoms with Crippen LogP contribution in [0.5, 0.6) is 5.75 Å². The summed E-state index contributed by atoms with van der Waals surface area (Å²) in [6.45, 7) is 3.61. The minimum atomic E-state index is -4.01. The Morgan fingerprint density at radius 1 is 1.17 bits per heavy atom. The number of hydrogen-bond donors (Lipinski definition) is 1. The SMILES string of the molecule is CCOC(=O)c1cnc2c(c(C)nn2C)c1NC(c1cccnc1)S(=O)(=O)c1ccc(OC)cc1. The molecule has 4 aromatic rings. The van der Waals surface area contributed by atoms with Gasteiger partial charge in [-0.2, -0.15) is 5.10 Å². The van der Waals surface area contributed by atoms with Crippen LogP contribution in [0.15, 0.2) is 59.9 Å². The third kappa shape index (κ3) is 4.54. The zero-order chi connectivity index (χ0) is 25.2. The number of carbonyl (C=O) groups excluding carboxylic acids is 1. The Labute approximate surface area is 202 Å². The molecular formula is C24H25N5O5S. The second-order valence-electron chi connectivity index (χ2n) is 7.71. The summed E-state index contributed by atoms with van der Waals surface area (Å²) >= 11 is 0. The van der Waals surface area contributed by atoms with E-state index in [-0.39, 0.29) is 22.8 Å². The van der Waals surface area contributed by atoms with E-state index >= 15 is 0 Å². The molecule has 0 aliphatic carbocycles. The van der Waals surface area contributed by atoms with Crippen molar-refractivity contribution in [3.63, 3.8) is 0 Å². The molecule has 0 saturated heterocycles. The van der Waals surface area contributed by atoms with Crippen LogP contribution in [0, 0.1) is 6.92 Å². The van der Waals surface area contributed by atoms with Gasteiger partial charge in [0.2, 0.25) is 9.84 Å². The van der Waals surface area contributed by atoms with Crippen LogP contribution in [0.4, 0.5) is 5.69 Å². The van der Waals surface area contributed by atoms with E-state index in [1.165, 1.54) is 31.6 Å². The van der Waals surface area contributed by atoms with Gasteiger partial charge in [-0.25, -0.2) is 18.2 Å². The lowest BCUT2D eigenvalue weighted by molar-refractivity contribution is 0.0527. The van der Waals surface area contributed by atoms with Crippen LogP contribution in [0.2, 0.25) is 0 Å². The Kier molecular flexibility index (Phi) is 6.70. The summed E-state index contributed by atoms with van der Waals surface area (Å²) in [4.78, 5) is 21.4. The lowest BCUT2D eigenvalue weighted by atomic mass is 10.1. The molecule has 1 aromatic carbocycles. The van der Waals surface area contributed by atoms with Crippen LogP contribution in [0.25, 0.3) is 11.0 Å². The zero-order valence-electron chi connectivity index (χ0n) is 19.7. The molecule has 0 fully saturated rings. The molecule has 0 bridgehead atoms. The third-order valence-electron chi connectivity index (χ3n) is 5.48. The average molecular weight is 496 g/mol. The Bertz CT molecular complexity index is 1470. The van der Waals surface area contributed by atoms with Crippen molar-refractivity contribution in [1.29, 1.82) is 0 Å². The summed E-state index contributed by atoms with van der Waals surface area (Å²) in [5.41, 5.74) is 1.84. The number of sulfone groups is 1. The number of ether oxygens (including phenoxy) is 2. The van der Waals surface area contributed by atoms with E-state index in [1.54, 1.807) is 56.0 Å². The summed E-state index contributed by atoms with van der Waals surface area (Å²) in [7, 11) is -0.783. The van der Waals surface area contributed by atoms with Gasteiger partial charge in [0, 0.05) is 31.2 Å². The van der Waals surface area contributed by atoms with Gasteiger partial charge in [0.05, 0.1) is 35.4 Å². The first-order valence-electron chi connectivity index (χ1n) is 10.8. The summed E-state index contributed by atoms with van der Waals surface area (Å²) < 4.78 is 39.7. The molecule has 0 spiro atoms. The minimum Gasteiger partial charge on any atom is -0.497 e. The second kappa shape index (κ2) is 9.71. The van der Waals surface area contributed by atoms with Crippen molar-refractivity contribution in [2.45, 2.75) is 24.1 Å². The Balaban J connectivity index is 1.93. The van der Waals surface area contributed by atoms with E-state index in [0.717, 1.165) is 0 Å². The number of fused-ring (bicyclic) bond motifs is 1. The van der Waals surface area contributed by atoms with E-state index in [2.05, 4.69) is 20.4 Å². The van der Waals surface area contributed by atoms with E-state index in [9.17, 15) is 13.2 Å². The molecule has 0 amide bonds. The van der Waals surface area contributed by atoms with Crippen LogP contribution >= 0.6 is 0 Å². The fourth-order valence-electron chi connectivity index (χ4n) is 3.83. The minimum absolute atomic E-state index is 0.0746. The Hall–Kier alpha value is -3.99. The fourth-order valence-corrected chi connectivity index (χ4v) is 5.39. The monoisotopic (exact) mass is 495 g/mol. The predicted molar refractivity (Wildman–Crippen MR) is 130 cm³/mol. The molecular weight excluding hydrogens is 470 g/mol. The number of anilines is 1. The molecule has 35 heavy (non-hydrogen) atoms. The lowest BCUT2D eigenvalue weighted by Gasteiger charge is -2.23. The molecule has 1 atom stereocenters. The molecule has 4 rings (SSSR count). The summed E-state index contributed by atoms with van der Waals surface area (Å²) in [5.74, 6) is -0.0966. The smallest absolute Gasteiger partial charge is 0.341 e. The molecule has 182 valence electrons. The highest BCUT2D eigenvalue weighted by Crippen LogP contribution is 2.36. The number of methoxy groups -OCH3 is 1. The van der Waals surface area contributed by atoms with Crippen molar-refractivity contribution in [3.05, 3.63) is 71.8 Å². The first-order valence-corrected chi connectivity index (χ1v) is 12.4. The van der Waals surface area contributed by atoms with Crippen LogP contribution in [-0.4, -0.2) is 47.9 Å². The Morgan fingerprint density at radius 3 is 2.54 bits per heavy atom. The Morgan fingerprint density at radius 2 is 1.91 bits per heavy atom. The van der Waals surface area contributed by atoms with Crippen molar-refractivity contribution in [2.24, 2.45) is 7.05 Å². The summed E-state index contributed by atoms with van der Waals surface area (Å²) in [6.07, 6.45) is 4.39. The van der Waals surface area contributed by atoms with Gasteiger partial charge in [-0.05, 0) is 44.2 Å². The predicted octanol–water partition coefficient (Wildman–Crippen LogP) is 3.44. The lowest BCUT2D eigenvalue weighted by Crippen LogP contribution is -2.24. The molecule has 0 aliphatic rings. The molecule has 0 saturated carbocycles. The fraction of sp³-hybridized carbons (Fsp3) is 0.250. The number of carbonyl (C=O) groups is 1. The van der Waals surface area contributed by atoms with Crippen molar-refractivity contribution in [2.75, 3.05) is 19.0 Å². The number of rotatable bonds is 8. The van der Waals surface area contributed by atoms with Gasteiger partial charge in [0.15, 0.2) is 11.0 Å². The molecule has 10 nitrogen and oxygen atoms in total. The highest BCUT2D eigenvalue weighted by Gasteiger charge is 2.32. The molecule has 1 unspecified atom stereocenters. The van der Waals surface area contributed by atoms with Crippen LogP contribution in [0.1, 0.15) is 33.9 Å². The standard InChI is InChI=1S/C24H25N5O5S/c1-5-34-24(30)19-14-26-22-20(15(2)28-29(22)3)21(19)27-23(16-7-6-12-25-13-16)35(31,32)18-10-8-17(33-4)9-11-18/h6-14,23H,5H2,1-4H3,(H,26,27). The first-order chi connectivity index (χ1) is 16.8. The van der Waals surface area contributed by atoms with Gasteiger partial charge in [-0.15, -0.1) is 0 Å². The molecule has 11 heteroatoms. The number of nitrogens with zero attached hydrogens (tertiary/aromatic N) is 4. The van der Waals surface area contributed by atoms with Crippen LogP contribution < -0.4 is 10.1 Å². The molecule has 0 aliphatic heterocycles. The average Bonchev–Trinajstić information content (AvgIpc) is 3.16. The second-order valence-corrected chi connectivity index (χ2v) is 9.74. The first kappa shape index (κ1) is 24.1. The normalized spacial score (nSPS) is 12.3. The van der Waals surface area contributed by atoms with Gasteiger partial charge in [-0.1, -0.05) is 6.07 Å². The largest absolute Gasteiger partial charge is 0.497 e. The number of esters is 1. The van der Waals surface area contributed by atoms with Gasteiger partial charge < -0.3 is 14.8 Å². The van der Waals surface area contributed by atoms with Gasteiger partial charge in [-0.3, -0.25) is 9.67 Å². The number of hydrogen-bond acceptors (Lipinski definition) is 9. The highest BCUT2D eigenvalue weighted by atomic mass is 32.2. The highest BCUT2D eigenvalue weighted by molar-refractivity contribution is 7.91. The third-order valence-corrected chi connectivity index (χ3v) is 7.42. The summed E-state index contributed by atoms with van der Waals surface area (Å²) in [6, 6.07) is 9.41. The van der Waals surface area contributed by atoms with Gasteiger partial charge in [0.25, 0.3) is 0 Å². The molecule has 0 radical (unpaired) electrons. The molecule has 3 heterocycles. The van der Waals surface area contributed by atoms with E-state index < -0.39 is 21.2 Å². The number of nitrogens with one attached hydrogen (secondary N) is 1. The van der Waals surface area contributed by atoms with E-state index in [4.69, 9.17) is 9.47 Å². The van der Waals surface area contributed by atoms with Crippen molar-refractivity contribution in [1.82, 2.24) is 19.7 Å². The van der Waals surface area contributed by atoms with E-state index in [1.807, 2.05) is 0 Å². The topological polar surface area (TPSA) is 125 Å². The van der Waals surface area contributed by atoms with Gasteiger partial charge in [0.1, 0.15) is 11.3 Å². The maximum absolute atomic E-state index is 13.9. The number of aromatic nitrogens is 4. The summed E-state index contributed by atoms with van der Waals surface area (Å²) in [5, 5.41) is 6.77. The quantitative estimate of drug-likeness (QED) is 0.366. The number of benzene rings is 1. The molecule has 1 N–H and O–H groups in total. The zero-order valence-corrected chi connectivity index (χ0v) is 20.5. The van der Waals surface area contributed by atoms with Crippen molar-refractivity contribution < 1.29 is 22.7 Å². The molecule has 3 aromatic heterocycles. The van der Waals surface area contributed by atoms with Crippen molar-refractivity contribution >= 4 is 32.5 Å². The van der Waals surface area contributed by atoms with E-state index in [0.29, 0.717) is 28.0 Å².